The van der Waals surface area contributed by atoms with Crippen LogP contribution in [0.4, 0.5) is 0 Å². The van der Waals surface area contributed by atoms with E-state index in [1.807, 2.05) is 0 Å². The Bertz CT molecular complexity index is 222. The molecule has 1 aliphatic rings. The summed E-state index contributed by atoms with van der Waals surface area (Å²) >= 11 is 0. The van der Waals surface area contributed by atoms with Gasteiger partial charge in [-0.05, 0) is 74.8 Å². The highest BCUT2D eigenvalue weighted by molar-refractivity contribution is 4.83. The quantitative estimate of drug-likeness (QED) is 0.603. The highest BCUT2D eigenvalue weighted by Crippen LogP contribution is 2.39. The molecule has 1 heteroatoms. The van der Waals surface area contributed by atoms with Crippen LogP contribution >= 0.6 is 0 Å². The van der Waals surface area contributed by atoms with Gasteiger partial charge in [0.15, 0.2) is 0 Å². The first-order valence-electron chi connectivity index (χ1n) is 8.75. The predicted octanol–water partition coefficient (Wildman–Crippen LogP) is 5.11. The van der Waals surface area contributed by atoms with Crippen molar-refractivity contribution in [1.29, 1.82) is 0 Å². The summed E-state index contributed by atoms with van der Waals surface area (Å²) < 4.78 is 0. The van der Waals surface area contributed by atoms with E-state index in [2.05, 4.69) is 39.9 Å². The van der Waals surface area contributed by atoms with E-state index in [1.54, 1.807) is 0 Å². The SMILES string of the molecule is CCCNCC1CCC(C(C)C)CC1CCC(C)C. The van der Waals surface area contributed by atoms with Crippen molar-refractivity contribution >= 4 is 0 Å². The van der Waals surface area contributed by atoms with Crippen molar-refractivity contribution < 1.29 is 0 Å². The molecule has 0 amide bonds. The zero-order valence-electron chi connectivity index (χ0n) is 14.0. The molecule has 0 radical (unpaired) electrons. The van der Waals surface area contributed by atoms with E-state index in [0.29, 0.717) is 0 Å². The monoisotopic (exact) mass is 267 g/mol. The molecule has 1 N–H and O–H groups in total. The average Bonchev–Trinajstić information content (AvgIpc) is 2.37. The Kier molecular flexibility index (Phi) is 8.06. The largest absolute Gasteiger partial charge is 0.316 e. The van der Waals surface area contributed by atoms with E-state index in [4.69, 9.17) is 0 Å². The van der Waals surface area contributed by atoms with E-state index in [1.165, 1.54) is 51.6 Å². The van der Waals surface area contributed by atoms with E-state index in [9.17, 15) is 0 Å². The van der Waals surface area contributed by atoms with Gasteiger partial charge in [0.1, 0.15) is 0 Å². The first-order chi connectivity index (χ1) is 9.04. The molecule has 1 nitrogen and oxygen atoms in total. The van der Waals surface area contributed by atoms with Crippen LogP contribution < -0.4 is 5.32 Å². The van der Waals surface area contributed by atoms with E-state index < -0.39 is 0 Å². The van der Waals surface area contributed by atoms with Crippen LogP contribution in [0.15, 0.2) is 0 Å². The van der Waals surface area contributed by atoms with Crippen LogP contribution in [-0.4, -0.2) is 13.1 Å². The standard InChI is InChI=1S/C18H37N/c1-6-11-19-13-18-10-9-16(15(4)5)12-17(18)8-7-14(2)3/h14-19H,6-13H2,1-5H3. The van der Waals surface area contributed by atoms with E-state index in [0.717, 1.165) is 29.6 Å². The number of nitrogens with one attached hydrogen (secondary N) is 1. The van der Waals surface area contributed by atoms with Crippen molar-refractivity contribution in [1.82, 2.24) is 5.32 Å². The molecule has 0 spiro atoms. The second kappa shape index (κ2) is 9.00. The van der Waals surface area contributed by atoms with Crippen molar-refractivity contribution in [2.24, 2.45) is 29.6 Å². The summed E-state index contributed by atoms with van der Waals surface area (Å²) in [5.41, 5.74) is 0. The fourth-order valence-corrected chi connectivity index (χ4v) is 3.60. The van der Waals surface area contributed by atoms with Gasteiger partial charge in [-0.2, -0.15) is 0 Å². The van der Waals surface area contributed by atoms with Crippen LogP contribution in [0.25, 0.3) is 0 Å². The predicted molar refractivity (Wildman–Crippen MR) is 86.4 cm³/mol. The zero-order chi connectivity index (χ0) is 14.3. The summed E-state index contributed by atoms with van der Waals surface area (Å²) in [4.78, 5) is 0. The summed E-state index contributed by atoms with van der Waals surface area (Å²) in [6, 6.07) is 0. The molecule has 0 aromatic carbocycles. The molecule has 1 fully saturated rings. The highest BCUT2D eigenvalue weighted by Gasteiger charge is 2.31. The summed E-state index contributed by atoms with van der Waals surface area (Å²) in [5, 5.41) is 3.67. The van der Waals surface area contributed by atoms with Gasteiger partial charge in [-0.15, -0.1) is 0 Å². The summed E-state index contributed by atoms with van der Waals surface area (Å²) in [6.07, 6.45) is 8.55. The minimum Gasteiger partial charge on any atom is -0.316 e. The van der Waals surface area contributed by atoms with Gasteiger partial charge in [-0.1, -0.05) is 41.0 Å². The maximum absolute atomic E-state index is 3.67. The Labute approximate surface area is 121 Å². The number of rotatable bonds is 8. The first kappa shape index (κ1) is 17.0. The molecule has 114 valence electrons. The molecule has 0 heterocycles. The van der Waals surface area contributed by atoms with Gasteiger partial charge in [0.25, 0.3) is 0 Å². The van der Waals surface area contributed by atoms with Gasteiger partial charge in [0.2, 0.25) is 0 Å². The fourth-order valence-electron chi connectivity index (χ4n) is 3.60. The minimum absolute atomic E-state index is 0.865. The normalized spacial score (nSPS) is 28.3. The molecule has 0 aliphatic heterocycles. The molecule has 19 heavy (non-hydrogen) atoms. The summed E-state index contributed by atoms with van der Waals surface area (Å²) in [5.74, 6) is 4.66. The second-order valence-corrected chi connectivity index (χ2v) is 7.51. The van der Waals surface area contributed by atoms with Gasteiger partial charge >= 0.3 is 0 Å². The third-order valence-electron chi connectivity index (χ3n) is 5.07. The van der Waals surface area contributed by atoms with E-state index >= 15 is 0 Å². The molecule has 0 aromatic heterocycles. The number of hydrogen-bond donors (Lipinski definition) is 1. The molecular weight excluding hydrogens is 230 g/mol. The Morgan fingerprint density at radius 3 is 2.37 bits per heavy atom. The Balaban J connectivity index is 2.46. The maximum atomic E-state index is 3.67. The molecule has 3 atom stereocenters. The summed E-state index contributed by atoms with van der Waals surface area (Å²) in [7, 11) is 0. The van der Waals surface area contributed by atoms with Crippen LogP contribution in [0.2, 0.25) is 0 Å². The molecule has 0 aromatic rings. The Morgan fingerprint density at radius 1 is 1.05 bits per heavy atom. The van der Waals surface area contributed by atoms with Crippen molar-refractivity contribution in [3.8, 4) is 0 Å². The third-order valence-corrected chi connectivity index (χ3v) is 5.07. The van der Waals surface area contributed by atoms with Crippen molar-refractivity contribution in [3.63, 3.8) is 0 Å². The lowest BCUT2D eigenvalue weighted by molar-refractivity contribution is 0.133. The van der Waals surface area contributed by atoms with Crippen LogP contribution in [0, 0.1) is 29.6 Å². The lowest BCUT2D eigenvalue weighted by Crippen LogP contribution is -2.34. The van der Waals surface area contributed by atoms with Crippen LogP contribution in [0.1, 0.15) is 73.1 Å². The highest BCUT2D eigenvalue weighted by atomic mass is 14.9. The molecule has 1 saturated carbocycles. The van der Waals surface area contributed by atoms with Gasteiger partial charge < -0.3 is 5.32 Å². The Hall–Kier alpha value is -0.0400. The average molecular weight is 268 g/mol. The van der Waals surface area contributed by atoms with Crippen LogP contribution in [-0.2, 0) is 0 Å². The smallest absolute Gasteiger partial charge is 0.00179 e. The topological polar surface area (TPSA) is 12.0 Å². The lowest BCUT2D eigenvalue weighted by atomic mass is 9.68. The Morgan fingerprint density at radius 2 is 1.79 bits per heavy atom. The minimum atomic E-state index is 0.865. The third kappa shape index (κ3) is 6.29. The zero-order valence-corrected chi connectivity index (χ0v) is 14.0. The number of hydrogen-bond acceptors (Lipinski definition) is 1. The van der Waals surface area contributed by atoms with E-state index in [-0.39, 0.29) is 0 Å². The molecule has 1 rings (SSSR count). The fraction of sp³-hybridized carbons (Fsp3) is 1.00. The van der Waals surface area contributed by atoms with Crippen LogP contribution in [0.3, 0.4) is 0 Å². The molecular formula is C18H37N. The van der Waals surface area contributed by atoms with Crippen molar-refractivity contribution in [2.75, 3.05) is 13.1 Å². The van der Waals surface area contributed by atoms with Crippen molar-refractivity contribution in [3.05, 3.63) is 0 Å². The van der Waals surface area contributed by atoms with Gasteiger partial charge in [-0.3, -0.25) is 0 Å². The van der Waals surface area contributed by atoms with Gasteiger partial charge in [0.05, 0.1) is 0 Å². The lowest BCUT2D eigenvalue weighted by Gasteiger charge is -2.38. The van der Waals surface area contributed by atoms with Crippen LogP contribution in [0.5, 0.6) is 0 Å². The molecule has 0 saturated heterocycles. The molecule has 1 aliphatic carbocycles. The molecule has 3 unspecified atom stereocenters. The first-order valence-corrected chi connectivity index (χ1v) is 8.75. The maximum Gasteiger partial charge on any atom is -0.00179 e. The van der Waals surface area contributed by atoms with Gasteiger partial charge in [0, 0.05) is 0 Å². The van der Waals surface area contributed by atoms with Gasteiger partial charge in [-0.25, -0.2) is 0 Å². The summed E-state index contributed by atoms with van der Waals surface area (Å²) in [6.45, 7) is 14.3. The molecule has 0 bridgehead atoms. The van der Waals surface area contributed by atoms with Crippen molar-refractivity contribution in [2.45, 2.75) is 73.1 Å². The second-order valence-electron chi connectivity index (χ2n) is 7.51.